The minimum absolute atomic E-state index is 0.00651. The Bertz CT molecular complexity index is 2880. The molecule has 0 spiro atoms. The Labute approximate surface area is 335 Å². The van der Waals surface area contributed by atoms with Crippen LogP contribution in [-0.2, 0) is 40.8 Å². The Morgan fingerprint density at radius 2 is 1.78 bits per heavy atom. The van der Waals surface area contributed by atoms with Gasteiger partial charge in [-0.25, -0.2) is 31.0 Å². The minimum Gasteiger partial charge on any atom is -0.475 e. The van der Waals surface area contributed by atoms with Crippen molar-refractivity contribution in [2.24, 2.45) is 13.0 Å². The zero-order chi connectivity index (χ0) is 42.5. The first-order valence-corrected chi connectivity index (χ1v) is 20.2. The van der Waals surface area contributed by atoms with Crippen LogP contribution in [0.3, 0.4) is 0 Å². The van der Waals surface area contributed by atoms with Gasteiger partial charge in [0.1, 0.15) is 35.4 Å². The predicted octanol–water partition coefficient (Wildman–Crippen LogP) is 6.20. The number of hydrogen-bond acceptors (Lipinski definition) is 9. The van der Waals surface area contributed by atoms with Gasteiger partial charge in [0.2, 0.25) is 21.8 Å². The molecule has 4 heterocycles. The van der Waals surface area contributed by atoms with Gasteiger partial charge in [-0.1, -0.05) is 11.6 Å². The van der Waals surface area contributed by atoms with Crippen molar-refractivity contribution in [1.29, 1.82) is 0 Å². The molecule has 0 radical (unpaired) electrons. The topological polar surface area (TPSA) is 168 Å². The van der Waals surface area contributed by atoms with Crippen molar-refractivity contribution in [2.75, 3.05) is 11.0 Å². The van der Waals surface area contributed by atoms with Gasteiger partial charge in [-0.3, -0.25) is 28.2 Å². The summed E-state index contributed by atoms with van der Waals surface area (Å²) in [6.45, 7) is 2.47. The molecule has 2 N–H and O–H groups in total. The number of halogens is 7. The quantitative estimate of drug-likeness (QED) is 0.136. The number of nitrogens with zero attached hydrogens (tertiary/aromatic N) is 7. The third kappa shape index (κ3) is 7.23. The lowest BCUT2D eigenvalue weighted by atomic mass is 10.0. The molecule has 0 unspecified atom stereocenters. The first-order chi connectivity index (χ1) is 27.7. The lowest BCUT2D eigenvalue weighted by molar-refractivity contribution is -0.123. The molecule has 59 heavy (non-hydrogen) atoms. The van der Waals surface area contributed by atoms with Gasteiger partial charge < -0.3 is 10.1 Å². The molecule has 4 aromatic heterocycles. The third-order valence-corrected chi connectivity index (χ3v) is 10.9. The number of rotatable bonds is 12. The molecule has 22 heteroatoms. The van der Waals surface area contributed by atoms with Crippen molar-refractivity contribution in [3.05, 3.63) is 97.8 Å². The molecule has 1 amide bonds. The van der Waals surface area contributed by atoms with E-state index in [2.05, 4.69) is 30.2 Å². The fourth-order valence-electron chi connectivity index (χ4n) is 7.75. The molecule has 0 bridgehead atoms. The summed E-state index contributed by atoms with van der Waals surface area (Å²) in [6, 6.07) is 6.56. The van der Waals surface area contributed by atoms with Crippen LogP contribution in [0.2, 0.25) is 5.02 Å². The lowest BCUT2D eigenvalue weighted by Crippen LogP contribution is -2.38. The predicted molar refractivity (Wildman–Crippen MR) is 202 cm³/mol. The van der Waals surface area contributed by atoms with E-state index in [0.717, 1.165) is 23.0 Å². The molecule has 0 saturated heterocycles. The Morgan fingerprint density at radius 1 is 1.07 bits per heavy atom. The van der Waals surface area contributed by atoms with Crippen molar-refractivity contribution >= 4 is 55.3 Å². The normalized spacial score (nSPS) is 17.4. The van der Waals surface area contributed by atoms with Crippen LogP contribution in [0.5, 0.6) is 5.88 Å². The maximum atomic E-state index is 15.4. The number of nitrogens with one attached hydrogen (secondary N) is 2. The summed E-state index contributed by atoms with van der Waals surface area (Å²) in [6.07, 6.45) is -3.16. The highest BCUT2D eigenvalue weighted by atomic mass is 35.5. The summed E-state index contributed by atoms with van der Waals surface area (Å²) in [5, 5.41) is 10.6. The number of anilines is 1. The van der Waals surface area contributed by atoms with Crippen molar-refractivity contribution < 1.29 is 44.3 Å². The first kappa shape index (κ1) is 40.1. The summed E-state index contributed by atoms with van der Waals surface area (Å²) in [5.74, 6) is -9.07. The highest BCUT2D eigenvalue weighted by Gasteiger charge is 2.67. The van der Waals surface area contributed by atoms with Gasteiger partial charge in [-0.05, 0) is 62.1 Å². The Hall–Kier alpha value is -5.70. The van der Waals surface area contributed by atoms with Crippen molar-refractivity contribution in [3.8, 4) is 11.6 Å². The van der Waals surface area contributed by atoms with Crippen LogP contribution in [0.15, 0.2) is 47.3 Å². The van der Waals surface area contributed by atoms with E-state index in [-0.39, 0.29) is 73.8 Å². The number of carbonyl (C=O) groups is 1. The van der Waals surface area contributed by atoms with Gasteiger partial charge in [-0.15, -0.1) is 0 Å². The lowest BCUT2D eigenvalue weighted by Gasteiger charge is -2.24. The number of alkyl halides is 4. The molecular formula is C37H32ClF6N9O5S. The van der Waals surface area contributed by atoms with Crippen LogP contribution < -0.4 is 20.3 Å². The van der Waals surface area contributed by atoms with E-state index in [1.54, 1.807) is 13.8 Å². The number of benzene rings is 2. The second-order valence-corrected chi connectivity index (χ2v) is 16.9. The van der Waals surface area contributed by atoms with E-state index in [1.165, 1.54) is 36.0 Å². The molecule has 310 valence electrons. The maximum Gasteiger partial charge on any atom is 0.293 e. The average molecular weight is 864 g/mol. The number of aromatic nitrogens is 7. The highest BCUT2D eigenvalue weighted by molar-refractivity contribution is 7.92. The fourth-order valence-corrected chi connectivity index (χ4v) is 8.49. The highest BCUT2D eigenvalue weighted by Crippen LogP contribution is 2.68. The SMILES string of the molecule is CC(C)Oc1ccc2c(=O)n(-c3ccc(Cl)c4c(NS(C)(=O)=O)nn(C)c34)c([C@H](Cc3cc(F)cc(F)c3)NC(=O)Cn3nc(C(F)F)c4c3C(F)(F)[C@H]3C[C@@H]43)nc2n1. The number of aryl methyl sites for hydroxylation is 1. The molecular weight excluding hydrogens is 832 g/mol. The van der Waals surface area contributed by atoms with Crippen molar-refractivity contribution in [2.45, 2.75) is 63.6 Å². The number of ether oxygens (including phenoxy) is 1. The van der Waals surface area contributed by atoms with Crippen LogP contribution in [0.25, 0.3) is 27.6 Å². The summed E-state index contributed by atoms with van der Waals surface area (Å²) in [4.78, 5) is 37.9. The van der Waals surface area contributed by atoms with Gasteiger partial charge in [0, 0.05) is 37.1 Å². The average Bonchev–Trinajstić information content (AvgIpc) is 3.66. The number of sulfonamides is 1. The zero-order valence-electron chi connectivity index (χ0n) is 31.3. The number of carbonyl (C=O) groups excluding carboxylic acids is 1. The summed E-state index contributed by atoms with van der Waals surface area (Å²) >= 11 is 6.58. The fraction of sp³-hybridized carbons (Fsp3) is 0.351. The van der Waals surface area contributed by atoms with E-state index >= 15 is 8.78 Å². The summed E-state index contributed by atoms with van der Waals surface area (Å²) in [7, 11) is -2.47. The van der Waals surface area contributed by atoms with E-state index < -0.39 is 87.7 Å². The van der Waals surface area contributed by atoms with E-state index in [1.807, 2.05) is 0 Å². The van der Waals surface area contributed by atoms with Crippen molar-refractivity contribution in [3.63, 3.8) is 0 Å². The Balaban J connectivity index is 1.33. The molecule has 1 fully saturated rings. The smallest absolute Gasteiger partial charge is 0.293 e. The van der Waals surface area contributed by atoms with E-state index in [9.17, 15) is 35.6 Å². The Morgan fingerprint density at radius 3 is 2.44 bits per heavy atom. The molecule has 2 aliphatic carbocycles. The molecule has 6 aromatic rings. The number of fused-ring (bicyclic) bond motifs is 5. The number of hydrogen-bond donors (Lipinski definition) is 2. The van der Waals surface area contributed by atoms with Gasteiger partial charge in [0.05, 0.1) is 45.4 Å². The molecule has 14 nitrogen and oxygen atoms in total. The van der Waals surface area contributed by atoms with E-state index in [0.29, 0.717) is 10.7 Å². The van der Waals surface area contributed by atoms with Gasteiger partial charge in [0.25, 0.3) is 17.9 Å². The summed E-state index contributed by atoms with van der Waals surface area (Å²) < 4.78 is 124. The maximum absolute atomic E-state index is 15.4. The van der Waals surface area contributed by atoms with Gasteiger partial charge >= 0.3 is 0 Å². The van der Waals surface area contributed by atoms with Crippen molar-refractivity contribution in [1.82, 2.24) is 39.4 Å². The number of amides is 1. The van der Waals surface area contributed by atoms with E-state index in [4.69, 9.17) is 16.3 Å². The second kappa shape index (κ2) is 14.2. The molecule has 0 aliphatic heterocycles. The Kier molecular flexibility index (Phi) is 9.68. The largest absolute Gasteiger partial charge is 0.475 e. The zero-order valence-corrected chi connectivity index (χ0v) is 32.8. The minimum atomic E-state index is -3.91. The van der Waals surface area contributed by atoms with Crippen LogP contribution in [0.1, 0.15) is 67.0 Å². The molecule has 8 rings (SSSR count). The monoisotopic (exact) mass is 863 g/mol. The standard InChI is InChI=1S/C37H32ClF6N9O5S/c1-15(2)58-26-8-5-19-33(46-26)47-35(53(36(19)55)24-7-6-22(38)28-30(24)51(3)49-34(28)50-59(4,56)57)23(11-16-9-17(39)12-18(40)10-16)45-25(54)14-52-31-27(29(48-52)32(41)42)20-13-21(20)37(31,43)44/h5-10,12,15,20-21,23,32H,11,13-14H2,1-4H3,(H,45,54)(H,49,50)/t20-,21+,23+/m1/s1. The molecule has 3 atom stereocenters. The van der Waals surface area contributed by atoms with Crippen LogP contribution in [0.4, 0.5) is 32.2 Å². The van der Waals surface area contributed by atoms with Gasteiger partial charge in [-0.2, -0.15) is 24.0 Å². The first-order valence-electron chi connectivity index (χ1n) is 18.0. The second-order valence-electron chi connectivity index (χ2n) is 14.7. The van der Waals surface area contributed by atoms with Gasteiger partial charge in [0.15, 0.2) is 11.5 Å². The van der Waals surface area contributed by atoms with Crippen LogP contribution in [0, 0.1) is 17.6 Å². The third-order valence-electron chi connectivity index (χ3n) is 10.00. The van der Waals surface area contributed by atoms with Crippen LogP contribution in [-0.4, -0.2) is 60.8 Å². The molecule has 2 aromatic carbocycles. The summed E-state index contributed by atoms with van der Waals surface area (Å²) in [5.41, 5.74) is -2.90. The number of pyridine rings is 1. The molecule has 2 aliphatic rings. The molecule has 1 saturated carbocycles. The van der Waals surface area contributed by atoms with Crippen LogP contribution >= 0.6 is 11.6 Å².